The summed E-state index contributed by atoms with van der Waals surface area (Å²) >= 11 is 2.10. The van der Waals surface area contributed by atoms with Crippen molar-refractivity contribution in [2.24, 2.45) is 5.92 Å². The van der Waals surface area contributed by atoms with Crippen LogP contribution in [0.25, 0.3) is 0 Å². The van der Waals surface area contributed by atoms with Crippen LogP contribution in [0.1, 0.15) is 32.1 Å². The van der Waals surface area contributed by atoms with Crippen LogP contribution in [0.2, 0.25) is 0 Å². The number of carbonyl (C=O) groups is 1. The van der Waals surface area contributed by atoms with E-state index in [0.717, 1.165) is 37.9 Å². The Hall–Kier alpha value is -0.260. The molecule has 0 radical (unpaired) electrons. The van der Waals surface area contributed by atoms with Crippen LogP contribution in [0, 0.1) is 5.92 Å². The topological polar surface area (TPSA) is 32.8 Å². The van der Waals surface area contributed by atoms with Gasteiger partial charge < -0.3 is 9.64 Å². The van der Waals surface area contributed by atoms with E-state index in [9.17, 15) is 4.79 Å². The van der Waals surface area contributed by atoms with Crippen LogP contribution in [0.3, 0.4) is 0 Å². The van der Waals surface area contributed by atoms with Gasteiger partial charge in [0.05, 0.1) is 13.2 Å². The van der Waals surface area contributed by atoms with E-state index in [1.807, 2.05) is 4.90 Å². The standard InChI is InChI=1S/C16H28N2O2S/c19-16(18-8-10-20-11-9-18)2-1-14-3-6-17(7-4-14)15-5-12-21-13-15/h14-15H,1-13H2/t15-/m0/s1. The van der Waals surface area contributed by atoms with Crippen LogP contribution in [0.5, 0.6) is 0 Å². The van der Waals surface area contributed by atoms with Crippen molar-refractivity contribution in [2.75, 3.05) is 50.9 Å². The molecule has 0 aromatic heterocycles. The Bertz CT molecular complexity index is 333. The quantitative estimate of drug-likeness (QED) is 0.793. The number of amides is 1. The third-order valence-corrected chi connectivity index (χ3v) is 6.35. The van der Waals surface area contributed by atoms with Crippen molar-refractivity contribution >= 4 is 17.7 Å². The Morgan fingerprint density at radius 1 is 1.10 bits per heavy atom. The number of nitrogens with zero attached hydrogens (tertiary/aromatic N) is 2. The second-order valence-corrected chi connectivity index (χ2v) is 7.68. The molecule has 0 bridgehead atoms. The minimum absolute atomic E-state index is 0.341. The summed E-state index contributed by atoms with van der Waals surface area (Å²) in [6.45, 7) is 5.50. The number of hydrogen-bond donors (Lipinski definition) is 0. The third-order valence-electron chi connectivity index (χ3n) is 5.20. The van der Waals surface area contributed by atoms with E-state index < -0.39 is 0 Å². The van der Waals surface area contributed by atoms with Crippen LogP contribution in [0.4, 0.5) is 0 Å². The molecule has 1 atom stereocenters. The highest BCUT2D eigenvalue weighted by Gasteiger charge is 2.28. The summed E-state index contributed by atoms with van der Waals surface area (Å²) in [5, 5.41) is 0. The first kappa shape index (κ1) is 15.6. The van der Waals surface area contributed by atoms with Crippen molar-refractivity contribution in [3.05, 3.63) is 0 Å². The molecule has 21 heavy (non-hydrogen) atoms. The van der Waals surface area contributed by atoms with Crippen molar-refractivity contribution in [3.8, 4) is 0 Å². The maximum Gasteiger partial charge on any atom is 0.222 e. The summed E-state index contributed by atoms with van der Waals surface area (Å²) in [4.78, 5) is 16.8. The van der Waals surface area contributed by atoms with Crippen LogP contribution in [-0.4, -0.2) is 72.6 Å². The molecule has 3 aliphatic heterocycles. The van der Waals surface area contributed by atoms with Crippen molar-refractivity contribution in [3.63, 3.8) is 0 Å². The van der Waals surface area contributed by atoms with Gasteiger partial charge in [-0.2, -0.15) is 11.8 Å². The first-order valence-corrected chi connectivity index (χ1v) is 9.66. The summed E-state index contributed by atoms with van der Waals surface area (Å²) in [5.41, 5.74) is 0. The minimum Gasteiger partial charge on any atom is -0.378 e. The van der Waals surface area contributed by atoms with Gasteiger partial charge in [-0.15, -0.1) is 0 Å². The van der Waals surface area contributed by atoms with E-state index in [0.29, 0.717) is 19.1 Å². The molecule has 0 spiro atoms. The maximum atomic E-state index is 12.2. The summed E-state index contributed by atoms with van der Waals surface area (Å²) < 4.78 is 5.30. The van der Waals surface area contributed by atoms with E-state index in [2.05, 4.69) is 16.7 Å². The maximum absolute atomic E-state index is 12.2. The molecule has 0 unspecified atom stereocenters. The largest absolute Gasteiger partial charge is 0.378 e. The monoisotopic (exact) mass is 312 g/mol. The van der Waals surface area contributed by atoms with Gasteiger partial charge in [-0.3, -0.25) is 9.69 Å². The summed E-state index contributed by atoms with van der Waals surface area (Å²) in [5.74, 6) is 3.78. The van der Waals surface area contributed by atoms with Crippen molar-refractivity contribution < 1.29 is 9.53 Å². The van der Waals surface area contributed by atoms with Gasteiger partial charge in [-0.05, 0) is 50.4 Å². The van der Waals surface area contributed by atoms with Crippen molar-refractivity contribution in [1.82, 2.24) is 9.80 Å². The number of carbonyl (C=O) groups excluding carboxylic acids is 1. The highest BCUT2D eigenvalue weighted by Crippen LogP contribution is 2.28. The van der Waals surface area contributed by atoms with Crippen LogP contribution < -0.4 is 0 Å². The predicted octanol–water partition coefficient (Wildman–Crippen LogP) is 1.84. The Labute approximate surface area is 132 Å². The number of rotatable bonds is 4. The normalized spacial score (nSPS) is 29.0. The highest BCUT2D eigenvalue weighted by atomic mass is 32.2. The molecule has 5 heteroatoms. The van der Waals surface area contributed by atoms with E-state index in [-0.39, 0.29) is 0 Å². The Morgan fingerprint density at radius 3 is 2.52 bits per heavy atom. The molecule has 0 aromatic rings. The van der Waals surface area contributed by atoms with E-state index in [1.54, 1.807) is 0 Å². The first-order chi connectivity index (χ1) is 10.3. The van der Waals surface area contributed by atoms with Gasteiger partial charge in [-0.25, -0.2) is 0 Å². The van der Waals surface area contributed by atoms with Gasteiger partial charge in [0, 0.05) is 31.3 Å². The lowest BCUT2D eigenvalue weighted by Crippen LogP contribution is -2.42. The molecular weight excluding hydrogens is 284 g/mol. The second-order valence-electron chi connectivity index (χ2n) is 6.53. The average Bonchev–Trinajstić information content (AvgIpc) is 3.08. The molecular formula is C16H28N2O2S. The summed E-state index contributed by atoms with van der Waals surface area (Å²) in [6.07, 6.45) is 5.79. The lowest BCUT2D eigenvalue weighted by molar-refractivity contribution is -0.135. The van der Waals surface area contributed by atoms with Crippen molar-refractivity contribution in [2.45, 2.75) is 38.1 Å². The fraction of sp³-hybridized carbons (Fsp3) is 0.938. The zero-order valence-electron chi connectivity index (χ0n) is 13.0. The molecule has 3 rings (SSSR count). The van der Waals surface area contributed by atoms with E-state index >= 15 is 0 Å². The third kappa shape index (κ3) is 4.36. The summed E-state index contributed by atoms with van der Waals surface area (Å²) in [6, 6.07) is 0.839. The molecule has 4 nitrogen and oxygen atoms in total. The van der Waals surface area contributed by atoms with Crippen molar-refractivity contribution in [1.29, 1.82) is 0 Å². The number of ether oxygens (including phenoxy) is 1. The molecule has 0 saturated carbocycles. The minimum atomic E-state index is 0.341. The molecule has 0 aromatic carbocycles. The smallest absolute Gasteiger partial charge is 0.222 e. The highest BCUT2D eigenvalue weighted by molar-refractivity contribution is 7.99. The number of hydrogen-bond acceptors (Lipinski definition) is 4. The number of piperidine rings is 1. The molecule has 3 fully saturated rings. The van der Waals surface area contributed by atoms with E-state index in [1.165, 1.54) is 43.9 Å². The van der Waals surface area contributed by atoms with Gasteiger partial charge in [0.15, 0.2) is 0 Å². The van der Waals surface area contributed by atoms with Gasteiger partial charge in [0.2, 0.25) is 5.91 Å². The Kier molecular flexibility index (Phi) is 5.83. The molecule has 1 amide bonds. The molecule has 3 aliphatic rings. The fourth-order valence-electron chi connectivity index (χ4n) is 3.72. The summed E-state index contributed by atoms with van der Waals surface area (Å²) in [7, 11) is 0. The van der Waals surface area contributed by atoms with Crippen LogP contribution >= 0.6 is 11.8 Å². The Morgan fingerprint density at radius 2 is 1.86 bits per heavy atom. The van der Waals surface area contributed by atoms with E-state index in [4.69, 9.17) is 4.74 Å². The zero-order valence-corrected chi connectivity index (χ0v) is 13.8. The first-order valence-electron chi connectivity index (χ1n) is 8.50. The molecule has 120 valence electrons. The zero-order chi connectivity index (χ0) is 14.5. The lowest BCUT2D eigenvalue weighted by atomic mass is 9.91. The molecule has 3 saturated heterocycles. The SMILES string of the molecule is O=C(CCC1CCN([C@H]2CCSC2)CC1)N1CCOCC1. The Balaban J connectivity index is 1.34. The van der Waals surface area contributed by atoms with Gasteiger partial charge in [-0.1, -0.05) is 0 Å². The van der Waals surface area contributed by atoms with Gasteiger partial charge in [0.1, 0.15) is 0 Å². The lowest BCUT2D eigenvalue weighted by Gasteiger charge is -2.36. The average molecular weight is 312 g/mol. The predicted molar refractivity (Wildman–Crippen MR) is 86.7 cm³/mol. The fourth-order valence-corrected chi connectivity index (χ4v) is 4.97. The van der Waals surface area contributed by atoms with Gasteiger partial charge >= 0.3 is 0 Å². The van der Waals surface area contributed by atoms with Gasteiger partial charge in [0.25, 0.3) is 0 Å². The molecule has 3 heterocycles. The number of likely N-dealkylation sites (tertiary alicyclic amines) is 1. The number of morpholine rings is 1. The van der Waals surface area contributed by atoms with Crippen LogP contribution in [-0.2, 0) is 9.53 Å². The second kappa shape index (κ2) is 7.84. The molecule has 0 aliphatic carbocycles. The number of thioether (sulfide) groups is 1. The van der Waals surface area contributed by atoms with Crippen LogP contribution in [0.15, 0.2) is 0 Å². The molecule has 0 N–H and O–H groups in total.